The molecule has 0 aromatic rings. The summed E-state index contributed by atoms with van der Waals surface area (Å²) in [6.07, 6.45) is 6.32. The Morgan fingerprint density at radius 2 is 1.72 bits per heavy atom. The van der Waals surface area contributed by atoms with Gasteiger partial charge in [0.1, 0.15) is 5.60 Å². The molecule has 0 spiro atoms. The second-order valence-electron chi connectivity index (χ2n) is 9.14. The normalized spacial score (nSPS) is 21.8. The number of unbranched alkanes of at least 4 members (excludes halogenated alkanes) is 3. The van der Waals surface area contributed by atoms with Gasteiger partial charge in [-0.1, -0.05) is 26.2 Å². The van der Waals surface area contributed by atoms with Gasteiger partial charge >= 0.3 is 5.97 Å². The number of carbonyl (C=O) groups is 1. The highest BCUT2D eigenvalue weighted by Gasteiger charge is 2.56. The van der Waals surface area contributed by atoms with Crippen molar-refractivity contribution in [3.63, 3.8) is 0 Å². The maximum atomic E-state index is 13.6. The minimum atomic E-state index is -3.85. The molecule has 2 fully saturated rings. The van der Waals surface area contributed by atoms with Crippen LogP contribution < -0.4 is 0 Å². The van der Waals surface area contributed by atoms with Crippen LogP contribution in [0.25, 0.3) is 0 Å². The monoisotopic (exact) mass is 433 g/mol. The number of nitrogens with zero attached hydrogens (tertiary/aromatic N) is 1. The van der Waals surface area contributed by atoms with Gasteiger partial charge in [-0.3, -0.25) is 4.79 Å². The maximum absolute atomic E-state index is 13.6. The number of hydrogen-bond acceptors (Lipinski definition) is 6. The van der Waals surface area contributed by atoms with Crippen molar-refractivity contribution in [3.05, 3.63) is 0 Å². The van der Waals surface area contributed by atoms with Gasteiger partial charge in [0.05, 0.1) is 6.10 Å². The van der Waals surface area contributed by atoms with Gasteiger partial charge in [0, 0.05) is 45.8 Å². The van der Waals surface area contributed by atoms with Crippen LogP contribution in [0.1, 0.15) is 79.1 Å². The van der Waals surface area contributed by atoms with Gasteiger partial charge in [0.15, 0.2) is 4.75 Å². The summed E-state index contributed by atoms with van der Waals surface area (Å²) < 4.78 is 43.9. The molecular formula is C21H39NO6S. The lowest BCUT2D eigenvalue weighted by molar-refractivity contribution is -0.161. The molecule has 0 aliphatic carbocycles. The number of sulfonamides is 1. The molecule has 2 rings (SSSR count). The van der Waals surface area contributed by atoms with E-state index < -0.39 is 26.3 Å². The molecule has 170 valence electrons. The van der Waals surface area contributed by atoms with Crippen LogP contribution in [0.2, 0.25) is 0 Å². The maximum Gasteiger partial charge on any atom is 0.329 e. The van der Waals surface area contributed by atoms with Crippen LogP contribution >= 0.6 is 0 Å². The molecule has 0 aromatic heterocycles. The van der Waals surface area contributed by atoms with Crippen molar-refractivity contribution >= 4 is 16.0 Å². The van der Waals surface area contributed by atoms with Crippen molar-refractivity contribution in [2.75, 3.05) is 32.9 Å². The molecule has 0 radical (unpaired) electrons. The molecule has 0 N–H and O–H groups in total. The number of ether oxygens (including phenoxy) is 3. The number of carbonyl (C=O) groups excluding carboxylic acids is 1. The molecule has 2 saturated heterocycles. The molecule has 29 heavy (non-hydrogen) atoms. The van der Waals surface area contributed by atoms with E-state index in [0.29, 0.717) is 25.9 Å². The Balaban J connectivity index is 2.01. The number of hydrogen-bond donors (Lipinski definition) is 0. The summed E-state index contributed by atoms with van der Waals surface area (Å²) in [6, 6.07) is 0. The van der Waals surface area contributed by atoms with Crippen LogP contribution in [-0.4, -0.2) is 68.1 Å². The SMILES string of the molecule is CCCCCCOC1CCN(S(=O)(=O)C2(C(=O)OC(C)(C)C)CCOCC2)CC1. The van der Waals surface area contributed by atoms with E-state index in [1.807, 2.05) is 0 Å². The number of rotatable bonds is 9. The Labute approximate surface area is 176 Å². The fraction of sp³-hybridized carbons (Fsp3) is 0.952. The predicted octanol–water partition coefficient (Wildman–Crippen LogP) is 3.27. The minimum Gasteiger partial charge on any atom is -0.459 e. The van der Waals surface area contributed by atoms with Crippen LogP contribution in [0.5, 0.6) is 0 Å². The van der Waals surface area contributed by atoms with Crippen LogP contribution in [0.4, 0.5) is 0 Å². The first kappa shape index (κ1) is 24.6. The third-order valence-electron chi connectivity index (χ3n) is 5.66. The highest BCUT2D eigenvalue weighted by molar-refractivity contribution is 7.91. The molecule has 8 heteroatoms. The molecule has 0 saturated carbocycles. The highest BCUT2D eigenvalue weighted by atomic mass is 32.2. The molecular weight excluding hydrogens is 394 g/mol. The van der Waals surface area contributed by atoms with Crippen LogP contribution in [0, 0.1) is 0 Å². The largest absolute Gasteiger partial charge is 0.459 e. The Morgan fingerprint density at radius 3 is 2.28 bits per heavy atom. The molecule has 7 nitrogen and oxygen atoms in total. The minimum absolute atomic E-state index is 0.0928. The lowest BCUT2D eigenvalue weighted by Gasteiger charge is -2.41. The van der Waals surface area contributed by atoms with E-state index in [4.69, 9.17) is 14.2 Å². The zero-order chi connectivity index (χ0) is 21.5. The van der Waals surface area contributed by atoms with Crippen LogP contribution in [0.15, 0.2) is 0 Å². The van der Waals surface area contributed by atoms with Crippen molar-refractivity contribution in [2.24, 2.45) is 0 Å². The first-order valence-corrected chi connectivity index (χ1v) is 12.5. The van der Waals surface area contributed by atoms with Crippen molar-refractivity contribution in [3.8, 4) is 0 Å². The van der Waals surface area contributed by atoms with Crippen LogP contribution in [-0.2, 0) is 29.0 Å². The number of piperidine rings is 1. The average molecular weight is 434 g/mol. The van der Waals surface area contributed by atoms with E-state index in [0.717, 1.165) is 13.0 Å². The lowest BCUT2D eigenvalue weighted by Crippen LogP contribution is -2.59. The molecule has 0 unspecified atom stereocenters. The van der Waals surface area contributed by atoms with E-state index in [1.54, 1.807) is 20.8 Å². The Bertz CT molecular complexity index is 614. The smallest absolute Gasteiger partial charge is 0.329 e. The second-order valence-corrected chi connectivity index (χ2v) is 11.4. The average Bonchev–Trinajstić information content (AvgIpc) is 2.67. The molecule has 2 aliphatic heterocycles. The fourth-order valence-electron chi connectivity index (χ4n) is 3.90. The summed E-state index contributed by atoms with van der Waals surface area (Å²) in [5.74, 6) is -0.650. The van der Waals surface area contributed by atoms with E-state index in [-0.39, 0.29) is 32.2 Å². The van der Waals surface area contributed by atoms with Gasteiger partial charge in [-0.05, 0) is 40.0 Å². The Kier molecular flexibility index (Phi) is 8.94. The van der Waals surface area contributed by atoms with Gasteiger partial charge in [0.2, 0.25) is 10.0 Å². The third-order valence-corrected chi connectivity index (χ3v) is 8.26. The highest BCUT2D eigenvalue weighted by Crippen LogP contribution is 2.36. The zero-order valence-electron chi connectivity index (χ0n) is 18.6. The van der Waals surface area contributed by atoms with Gasteiger partial charge in [-0.15, -0.1) is 0 Å². The predicted molar refractivity (Wildman–Crippen MR) is 112 cm³/mol. The van der Waals surface area contributed by atoms with Crippen molar-refractivity contribution < 1.29 is 27.4 Å². The summed E-state index contributed by atoms with van der Waals surface area (Å²) in [5, 5.41) is 0. The molecule has 0 bridgehead atoms. The topological polar surface area (TPSA) is 82.1 Å². The zero-order valence-corrected chi connectivity index (χ0v) is 19.4. The summed E-state index contributed by atoms with van der Waals surface area (Å²) in [6.45, 7) is 9.44. The molecule has 2 aliphatic rings. The van der Waals surface area contributed by atoms with Crippen LogP contribution in [0.3, 0.4) is 0 Å². The summed E-state index contributed by atoms with van der Waals surface area (Å²) in [4.78, 5) is 13.0. The third kappa shape index (κ3) is 6.39. The van der Waals surface area contributed by atoms with E-state index in [2.05, 4.69) is 6.92 Å². The van der Waals surface area contributed by atoms with Gasteiger partial charge in [-0.2, -0.15) is 0 Å². The van der Waals surface area contributed by atoms with Crippen molar-refractivity contribution in [1.82, 2.24) is 4.31 Å². The van der Waals surface area contributed by atoms with E-state index >= 15 is 0 Å². The molecule has 2 heterocycles. The van der Waals surface area contributed by atoms with Gasteiger partial charge in [0.25, 0.3) is 0 Å². The Hall–Kier alpha value is -0.700. The molecule has 0 atom stereocenters. The summed E-state index contributed by atoms with van der Waals surface area (Å²) in [5.41, 5.74) is -0.740. The van der Waals surface area contributed by atoms with Crippen molar-refractivity contribution in [2.45, 2.75) is 95.5 Å². The number of esters is 1. The van der Waals surface area contributed by atoms with Gasteiger partial charge < -0.3 is 14.2 Å². The second kappa shape index (κ2) is 10.6. The quantitative estimate of drug-likeness (QED) is 0.410. The first-order chi connectivity index (χ1) is 13.6. The summed E-state index contributed by atoms with van der Waals surface area (Å²) in [7, 11) is -3.85. The lowest BCUT2D eigenvalue weighted by atomic mass is 9.99. The first-order valence-electron chi connectivity index (χ1n) is 11.0. The van der Waals surface area contributed by atoms with Gasteiger partial charge in [-0.25, -0.2) is 12.7 Å². The van der Waals surface area contributed by atoms with E-state index in [1.165, 1.54) is 23.6 Å². The Morgan fingerprint density at radius 1 is 1.10 bits per heavy atom. The fourth-order valence-corrected chi connectivity index (χ4v) is 6.03. The molecule has 0 amide bonds. The molecule has 0 aromatic carbocycles. The standard InChI is InChI=1S/C21H39NO6S/c1-5-6-7-8-15-27-18-9-13-22(14-10-18)29(24,25)21(11-16-26-17-12-21)19(23)28-20(2,3)4/h18H,5-17H2,1-4H3. The van der Waals surface area contributed by atoms with Crippen molar-refractivity contribution in [1.29, 1.82) is 0 Å². The van der Waals surface area contributed by atoms with E-state index in [9.17, 15) is 13.2 Å². The summed E-state index contributed by atoms with van der Waals surface area (Å²) >= 11 is 0.